The molecule has 1 N–H and O–H groups in total. The first-order valence-corrected chi connectivity index (χ1v) is 4.59. The van der Waals surface area contributed by atoms with Gasteiger partial charge in [0.15, 0.2) is 11.5 Å². The van der Waals surface area contributed by atoms with Crippen LogP contribution >= 0.6 is 0 Å². The molecule has 5 heteroatoms. The highest BCUT2D eigenvalue weighted by molar-refractivity contribution is 6.02. The molecule has 0 saturated carbocycles. The Hall–Kier alpha value is -2.30. The molecule has 0 fully saturated rings. The number of amides is 1. The van der Waals surface area contributed by atoms with E-state index in [1.54, 1.807) is 12.1 Å². The largest absolute Gasteiger partial charge is 0.320 e. The first kappa shape index (κ1) is 10.2. The third-order valence-electron chi connectivity index (χ3n) is 1.91. The summed E-state index contributed by atoms with van der Waals surface area (Å²) in [6.07, 6.45) is 4.43. The molecular formula is C11H8FN3O. The average molecular weight is 217 g/mol. The van der Waals surface area contributed by atoms with Crippen molar-refractivity contribution in [1.82, 2.24) is 9.97 Å². The van der Waals surface area contributed by atoms with Crippen LogP contribution in [0.25, 0.3) is 0 Å². The molecule has 0 unspecified atom stereocenters. The summed E-state index contributed by atoms with van der Waals surface area (Å²) in [7, 11) is 0. The van der Waals surface area contributed by atoms with E-state index in [1.807, 2.05) is 0 Å². The normalized spacial score (nSPS) is 9.81. The van der Waals surface area contributed by atoms with Gasteiger partial charge in [0.2, 0.25) is 0 Å². The SMILES string of the molecule is O=C(Nc1ccncc1)c1ncccc1F. The van der Waals surface area contributed by atoms with Gasteiger partial charge in [0.25, 0.3) is 5.91 Å². The molecule has 0 spiro atoms. The maximum absolute atomic E-state index is 13.2. The van der Waals surface area contributed by atoms with Crippen molar-refractivity contribution in [3.05, 3.63) is 54.4 Å². The summed E-state index contributed by atoms with van der Waals surface area (Å²) in [5.41, 5.74) is 0.323. The van der Waals surface area contributed by atoms with Crippen LogP contribution in [0.15, 0.2) is 42.9 Å². The molecule has 80 valence electrons. The van der Waals surface area contributed by atoms with Crippen molar-refractivity contribution < 1.29 is 9.18 Å². The van der Waals surface area contributed by atoms with Crippen LogP contribution in [0.4, 0.5) is 10.1 Å². The molecule has 2 aromatic rings. The number of aromatic nitrogens is 2. The van der Waals surface area contributed by atoms with Gasteiger partial charge >= 0.3 is 0 Å². The molecule has 2 heterocycles. The molecule has 0 aromatic carbocycles. The lowest BCUT2D eigenvalue weighted by Crippen LogP contribution is -2.15. The molecule has 0 aliphatic rings. The van der Waals surface area contributed by atoms with E-state index in [9.17, 15) is 9.18 Å². The van der Waals surface area contributed by atoms with Crippen molar-refractivity contribution in [1.29, 1.82) is 0 Å². The zero-order chi connectivity index (χ0) is 11.4. The van der Waals surface area contributed by atoms with Crippen molar-refractivity contribution >= 4 is 11.6 Å². The predicted molar refractivity (Wildman–Crippen MR) is 56.4 cm³/mol. The molecule has 0 atom stereocenters. The van der Waals surface area contributed by atoms with Crippen LogP contribution < -0.4 is 5.32 Å². The topological polar surface area (TPSA) is 54.9 Å². The minimum atomic E-state index is -0.644. The van der Waals surface area contributed by atoms with E-state index in [0.29, 0.717) is 5.69 Å². The van der Waals surface area contributed by atoms with Crippen molar-refractivity contribution in [2.24, 2.45) is 0 Å². The number of rotatable bonds is 2. The van der Waals surface area contributed by atoms with Gasteiger partial charge in [0.05, 0.1) is 0 Å². The number of hydrogen-bond acceptors (Lipinski definition) is 3. The summed E-state index contributed by atoms with van der Waals surface area (Å²) in [4.78, 5) is 19.1. The lowest BCUT2D eigenvalue weighted by Gasteiger charge is -2.04. The van der Waals surface area contributed by atoms with E-state index in [4.69, 9.17) is 0 Å². The van der Waals surface area contributed by atoms with Gasteiger partial charge in [-0.15, -0.1) is 0 Å². The van der Waals surface area contributed by atoms with Gasteiger partial charge in [0.1, 0.15) is 0 Å². The molecular weight excluding hydrogens is 209 g/mol. The Bertz CT molecular complexity index is 502. The van der Waals surface area contributed by atoms with Crippen LogP contribution in [0.3, 0.4) is 0 Å². The standard InChI is InChI=1S/C11H8FN3O/c12-9-2-1-5-14-10(9)11(16)15-8-3-6-13-7-4-8/h1-7H,(H,13,15,16). The quantitative estimate of drug-likeness (QED) is 0.835. The Morgan fingerprint density at radius 3 is 2.62 bits per heavy atom. The van der Waals surface area contributed by atoms with Gasteiger partial charge in [0, 0.05) is 24.3 Å². The Morgan fingerprint density at radius 2 is 1.94 bits per heavy atom. The Kier molecular flexibility index (Phi) is 2.86. The Balaban J connectivity index is 2.19. The number of nitrogens with one attached hydrogen (secondary N) is 1. The molecule has 1 amide bonds. The van der Waals surface area contributed by atoms with Gasteiger partial charge in [-0.1, -0.05) is 0 Å². The summed E-state index contributed by atoms with van der Waals surface area (Å²) in [5, 5.41) is 2.52. The van der Waals surface area contributed by atoms with Gasteiger partial charge in [-0.05, 0) is 24.3 Å². The molecule has 16 heavy (non-hydrogen) atoms. The van der Waals surface area contributed by atoms with Crippen LogP contribution in [0, 0.1) is 5.82 Å². The number of halogens is 1. The van der Waals surface area contributed by atoms with Crippen LogP contribution in [0.5, 0.6) is 0 Å². The average Bonchev–Trinajstić information content (AvgIpc) is 2.31. The summed E-state index contributed by atoms with van der Waals surface area (Å²) in [6, 6.07) is 5.84. The fourth-order valence-corrected chi connectivity index (χ4v) is 1.18. The first-order valence-electron chi connectivity index (χ1n) is 4.59. The smallest absolute Gasteiger partial charge is 0.277 e. The molecule has 4 nitrogen and oxygen atoms in total. The molecule has 2 aromatic heterocycles. The monoisotopic (exact) mass is 217 g/mol. The molecule has 0 saturated heterocycles. The van der Waals surface area contributed by atoms with Crippen molar-refractivity contribution in [3.8, 4) is 0 Å². The third-order valence-corrected chi connectivity index (χ3v) is 1.91. The summed E-state index contributed by atoms with van der Waals surface area (Å²) in [5.74, 6) is -1.22. The van der Waals surface area contributed by atoms with Gasteiger partial charge < -0.3 is 5.32 Å². The minimum Gasteiger partial charge on any atom is -0.320 e. The first-order chi connectivity index (χ1) is 7.77. The molecule has 0 radical (unpaired) electrons. The van der Waals surface area contributed by atoms with E-state index in [1.165, 1.54) is 30.7 Å². The van der Waals surface area contributed by atoms with Crippen LogP contribution in [0.2, 0.25) is 0 Å². The van der Waals surface area contributed by atoms with Crippen LogP contribution in [-0.2, 0) is 0 Å². The fourth-order valence-electron chi connectivity index (χ4n) is 1.18. The maximum Gasteiger partial charge on any atom is 0.277 e. The summed E-state index contributed by atoms with van der Waals surface area (Å²) in [6.45, 7) is 0. The number of nitrogens with zero attached hydrogens (tertiary/aromatic N) is 2. The second-order valence-corrected chi connectivity index (χ2v) is 3.02. The van der Waals surface area contributed by atoms with Gasteiger partial charge in [-0.25, -0.2) is 9.37 Å². The fraction of sp³-hybridized carbons (Fsp3) is 0. The number of carbonyl (C=O) groups excluding carboxylic acids is 1. The van der Waals surface area contributed by atoms with Crippen LogP contribution in [0.1, 0.15) is 10.5 Å². The van der Waals surface area contributed by atoms with Crippen molar-refractivity contribution in [2.45, 2.75) is 0 Å². The maximum atomic E-state index is 13.2. The number of anilines is 1. The third kappa shape index (κ3) is 2.20. The predicted octanol–water partition coefficient (Wildman–Crippen LogP) is 1.87. The highest BCUT2D eigenvalue weighted by Crippen LogP contribution is 2.08. The summed E-state index contributed by atoms with van der Waals surface area (Å²) >= 11 is 0. The van der Waals surface area contributed by atoms with E-state index in [2.05, 4.69) is 15.3 Å². The van der Waals surface area contributed by atoms with E-state index in [-0.39, 0.29) is 5.69 Å². The molecule has 0 bridgehead atoms. The number of hydrogen-bond donors (Lipinski definition) is 1. The number of pyridine rings is 2. The highest BCUT2D eigenvalue weighted by atomic mass is 19.1. The van der Waals surface area contributed by atoms with Crippen molar-refractivity contribution in [3.63, 3.8) is 0 Å². The lowest BCUT2D eigenvalue weighted by molar-refractivity contribution is 0.101. The van der Waals surface area contributed by atoms with Crippen LogP contribution in [-0.4, -0.2) is 15.9 Å². The van der Waals surface area contributed by atoms with E-state index in [0.717, 1.165) is 0 Å². The zero-order valence-corrected chi connectivity index (χ0v) is 8.22. The Morgan fingerprint density at radius 1 is 1.19 bits per heavy atom. The second kappa shape index (κ2) is 4.48. The zero-order valence-electron chi connectivity index (χ0n) is 8.22. The minimum absolute atomic E-state index is 0.223. The second-order valence-electron chi connectivity index (χ2n) is 3.02. The molecule has 0 aliphatic carbocycles. The van der Waals surface area contributed by atoms with Gasteiger partial charge in [-0.3, -0.25) is 9.78 Å². The summed E-state index contributed by atoms with van der Waals surface area (Å²) < 4.78 is 13.2. The van der Waals surface area contributed by atoms with E-state index >= 15 is 0 Å². The molecule has 0 aliphatic heterocycles. The lowest BCUT2D eigenvalue weighted by atomic mass is 10.3. The molecule has 2 rings (SSSR count). The van der Waals surface area contributed by atoms with E-state index < -0.39 is 11.7 Å². The number of carbonyl (C=O) groups is 1. The highest BCUT2D eigenvalue weighted by Gasteiger charge is 2.12. The van der Waals surface area contributed by atoms with Crippen molar-refractivity contribution in [2.75, 3.05) is 5.32 Å². The Labute approximate surface area is 91.2 Å². The van der Waals surface area contributed by atoms with Gasteiger partial charge in [-0.2, -0.15) is 0 Å².